The van der Waals surface area contributed by atoms with Crippen molar-refractivity contribution in [2.75, 3.05) is 30.8 Å². The number of rotatable bonds is 13. The van der Waals surface area contributed by atoms with Crippen molar-refractivity contribution in [3.63, 3.8) is 0 Å². The van der Waals surface area contributed by atoms with E-state index in [0.717, 1.165) is 6.26 Å². The molecule has 0 heterocycles. The fraction of sp³-hybridized carbons (Fsp3) is 0.440. The third-order valence-electron chi connectivity index (χ3n) is 5.58. The van der Waals surface area contributed by atoms with Gasteiger partial charge in [-0.25, -0.2) is 8.42 Å². The zero-order valence-electron chi connectivity index (χ0n) is 21.0. The second-order valence-corrected chi connectivity index (χ2v) is 10.9. The summed E-state index contributed by atoms with van der Waals surface area (Å²) >= 11 is 12.3. The van der Waals surface area contributed by atoms with Gasteiger partial charge in [-0.15, -0.1) is 0 Å². The molecule has 8 nitrogen and oxygen atoms in total. The maximum atomic E-state index is 13.3. The van der Waals surface area contributed by atoms with Crippen molar-refractivity contribution in [1.29, 1.82) is 0 Å². The zero-order chi connectivity index (χ0) is 26.9. The number of halogens is 2. The van der Waals surface area contributed by atoms with E-state index in [1.54, 1.807) is 42.5 Å². The maximum Gasteiger partial charge on any atom is 0.242 e. The number of nitrogens with one attached hydrogen (secondary N) is 1. The summed E-state index contributed by atoms with van der Waals surface area (Å²) in [5, 5.41) is 3.47. The van der Waals surface area contributed by atoms with Gasteiger partial charge in [-0.3, -0.25) is 13.9 Å². The second kappa shape index (κ2) is 13.7. The maximum absolute atomic E-state index is 13.3. The van der Waals surface area contributed by atoms with Crippen molar-refractivity contribution in [3.05, 3.63) is 58.1 Å². The Balaban J connectivity index is 2.20. The van der Waals surface area contributed by atoms with Gasteiger partial charge in [-0.1, -0.05) is 36.2 Å². The van der Waals surface area contributed by atoms with Crippen LogP contribution in [0.25, 0.3) is 0 Å². The van der Waals surface area contributed by atoms with Crippen molar-refractivity contribution in [2.24, 2.45) is 0 Å². The summed E-state index contributed by atoms with van der Waals surface area (Å²) in [6.45, 7) is 4.41. The lowest BCUT2D eigenvalue weighted by molar-refractivity contribution is -0.141. The minimum Gasteiger partial charge on any atom is -0.494 e. The number of benzene rings is 2. The normalized spacial score (nSPS) is 12.1. The van der Waals surface area contributed by atoms with E-state index in [4.69, 9.17) is 27.9 Å². The molecule has 2 amide bonds. The summed E-state index contributed by atoms with van der Waals surface area (Å²) in [6.07, 6.45) is 1.83. The van der Waals surface area contributed by atoms with Gasteiger partial charge in [0.05, 0.1) is 18.6 Å². The average Bonchev–Trinajstić information content (AvgIpc) is 2.82. The molecule has 0 fully saturated rings. The Labute approximate surface area is 223 Å². The summed E-state index contributed by atoms with van der Waals surface area (Å²) in [5.41, 5.74) is 1.14. The van der Waals surface area contributed by atoms with Crippen LogP contribution in [0.3, 0.4) is 0 Å². The summed E-state index contributed by atoms with van der Waals surface area (Å²) in [6, 6.07) is 11.0. The number of amides is 2. The van der Waals surface area contributed by atoms with Crippen LogP contribution in [-0.4, -0.2) is 57.6 Å². The van der Waals surface area contributed by atoms with Crippen molar-refractivity contribution >= 4 is 50.7 Å². The molecule has 11 heteroatoms. The highest BCUT2D eigenvalue weighted by atomic mass is 35.5. The molecular formula is C25H33Cl2N3O5S. The van der Waals surface area contributed by atoms with Crippen LogP contribution in [0, 0.1) is 0 Å². The van der Waals surface area contributed by atoms with Crippen molar-refractivity contribution in [1.82, 2.24) is 10.2 Å². The number of ether oxygens (including phenoxy) is 1. The molecule has 0 radical (unpaired) electrons. The van der Waals surface area contributed by atoms with Crippen LogP contribution >= 0.6 is 23.2 Å². The summed E-state index contributed by atoms with van der Waals surface area (Å²) < 4.78 is 31.6. The van der Waals surface area contributed by atoms with Gasteiger partial charge < -0.3 is 15.0 Å². The first-order valence-electron chi connectivity index (χ1n) is 11.7. The molecule has 1 atom stereocenters. The number of anilines is 1. The van der Waals surface area contributed by atoms with Crippen LogP contribution < -0.4 is 14.4 Å². The molecule has 0 bridgehead atoms. The predicted molar refractivity (Wildman–Crippen MR) is 144 cm³/mol. The number of carbonyl (C=O) groups excluding carboxylic acids is 2. The summed E-state index contributed by atoms with van der Waals surface area (Å²) in [5.74, 6) is 0.0703. The molecule has 2 rings (SSSR count). The molecule has 0 aromatic heterocycles. The van der Waals surface area contributed by atoms with Gasteiger partial charge in [0.15, 0.2) is 0 Å². The Hall–Kier alpha value is -2.49. The summed E-state index contributed by atoms with van der Waals surface area (Å²) in [7, 11) is -2.07. The van der Waals surface area contributed by atoms with E-state index < -0.39 is 16.1 Å². The number of nitrogens with zero attached hydrogens (tertiary/aromatic N) is 2. The first kappa shape index (κ1) is 29.7. The summed E-state index contributed by atoms with van der Waals surface area (Å²) in [4.78, 5) is 27.3. The van der Waals surface area contributed by atoms with Gasteiger partial charge >= 0.3 is 0 Å². The smallest absolute Gasteiger partial charge is 0.242 e. The Morgan fingerprint density at radius 3 is 2.28 bits per heavy atom. The van der Waals surface area contributed by atoms with E-state index in [1.165, 1.54) is 16.3 Å². The molecule has 198 valence electrons. The minimum absolute atomic E-state index is 0.0434. The SMILES string of the molecule is CCOc1ccc(N(CCCC(=O)N(Cc2ccc(Cl)cc2Cl)C(CC)C(=O)NC)S(C)(=O)=O)cc1. The molecular weight excluding hydrogens is 525 g/mol. The molecule has 0 saturated carbocycles. The molecule has 1 N–H and O–H groups in total. The fourth-order valence-corrected chi connectivity index (χ4v) is 5.23. The highest BCUT2D eigenvalue weighted by Crippen LogP contribution is 2.25. The Kier molecular flexibility index (Phi) is 11.3. The van der Waals surface area contributed by atoms with Gasteiger partial charge in [0, 0.05) is 36.6 Å². The lowest BCUT2D eigenvalue weighted by Gasteiger charge is -2.31. The predicted octanol–water partition coefficient (Wildman–Crippen LogP) is 4.49. The van der Waals surface area contributed by atoms with E-state index in [9.17, 15) is 18.0 Å². The van der Waals surface area contributed by atoms with E-state index in [2.05, 4.69) is 5.32 Å². The molecule has 0 saturated heterocycles. The zero-order valence-corrected chi connectivity index (χ0v) is 23.3. The lowest BCUT2D eigenvalue weighted by Crippen LogP contribution is -2.48. The van der Waals surface area contributed by atoms with E-state index in [1.807, 2.05) is 13.8 Å². The molecule has 0 aliphatic carbocycles. The largest absolute Gasteiger partial charge is 0.494 e. The monoisotopic (exact) mass is 557 g/mol. The van der Waals surface area contributed by atoms with Crippen LogP contribution in [0.2, 0.25) is 10.0 Å². The van der Waals surface area contributed by atoms with Crippen molar-refractivity contribution < 1.29 is 22.7 Å². The van der Waals surface area contributed by atoms with E-state index in [0.29, 0.717) is 40.1 Å². The molecule has 0 aliphatic rings. The van der Waals surface area contributed by atoms with Crippen LogP contribution in [0.5, 0.6) is 5.75 Å². The molecule has 2 aromatic carbocycles. The minimum atomic E-state index is -3.58. The Morgan fingerprint density at radius 1 is 1.08 bits per heavy atom. The molecule has 2 aromatic rings. The molecule has 1 unspecified atom stereocenters. The third-order valence-corrected chi connectivity index (χ3v) is 7.36. The second-order valence-electron chi connectivity index (χ2n) is 8.16. The number of sulfonamides is 1. The van der Waals surface area contributed by atoms with Crippen LogP contribution in [0.15, 0.2) is 42.5 Å². The van der Waals surface area contributed by atoms with Gasteiger partial charge in [0.1, 0.15) is 11.8 Å². The number of likely N-dealkylation sites (N-methyl/N-ethyl adjacent to an activating group) is 1. The third kappa shape index (κ3) is 8.28. The number of hydrogen-bond acceptors (Lipinski definition) is 5. The average molecular weight is 559 g/mol. The van der Waals surface area contributed by atoms with E-state index >= 15 is 0 Å². The fourth-order valence-electron chi connectivity index (χ4n) is 3.80. The quantitative estimate of drug-likeness (QED) is 0.391. The highest BCUT2D eigenvalue weighted by molar-refractivity contribution is 7.92. The topological polar surface area (TPSA) is 96.0 Å². The van der Waals surface area contributed by atoms with Gasteiger partial charge in [-0.05, 0) is 61.7 Å². The van der Waals surface area contributed by atoms with Gasteiger partial charge in [0.2, 0.25) is 21.8 Å². The molecule has 36 heavy (non-hydrogen) atoms. The Bertz CT molecular complexity index is 1140. The van der Waals surface area contributed by atoms with Gasteiger partial charge in [-0.2, -0.15) is 0 Å². The van der Waals surface area contributed by atoms with E-state index in [-0.39, 0.29) is 37.7 Å². The van der Waals surface area contributed by atoms with Gasteiger partial charge in [0.25, 0.3) is 0 Å². The molecule has 0 spiro atoms. The van der Waals surface area contributed by atoms with Crippen LogP contribution in [0.1, 0.15) is 38.7 Å². The van der Waals surface area contributed by atoms with Crippen LogP contribution in [0.4, 0.5) is 5.69 Å². The first-order chi connectivity index (χ1) is 17.0. The Morgan fingerprint density at radius 2 is 1.75 bits per heavy atom. The van der Waals surface area contributed by atoms with Crippen molar-refractivity contribution in [3.8, 4) is 5.75 Å². The molecule has 0 aliphatic heterocycles. The highest BCUT2D eigenvalue weighted by Gasteiger charge is 2.28. The van der Waals surface area contributed by atoms with Crippen molar-refractivity contribution in [2.45, 2.75) is 45.7 Å². The standard InChI is InChI=1S/C25H33Cl2N3O5S/c1-5-23(25(32)28-3)29(17-18-9-10-19(26)16-22(18)27)24(31)8-7-15-30(36(4,33)34)20-11-13-21(14-12-20)35-6-2/h9-14,16,23H,5-8,15,17H2,1-4H3,(H,28,32). The lowest BCUT2D eigenvalue weighted by atomic mass is 10.1. The van der Waals surface area contributed by atoms with Crippen LogP contribution in [-0.2, 0) is 26.2 Å². The number of carbonyl (C=O) groups is 2. The number of hydrogen-bond donors (Lipinski definition) is 1. The first-order valence-corrected chi connectivity index (χ1v) is 14.3.